The third-order valence-corrected chi connectivity index (χ3v) is 8.87. The molecule has 5 heteroatoms. The van der Waals surface area contributed by atoms with Gasteiger partial charge in [0.1, 0.15) is 12.4 Å². The number of amides is 1. The number of carbonyl (C=O) groups is 2. The summed E-state index contributed by atoms with van der Waals surface area (Å²) in [7, 11) is 0. The van der Waals surface area contributed by atoms with Crippen LogP contribution in [0.3, 0.4) is 0 Å². The van der Waals surface area contributed by atoms with Gasteiger partial charge < -0.3 is 9.47 Å². The van der Waals surface area contributed by atoms with Gasteiger partial charge in [0.05, 0.1) is 25.3 Å². The summed E-state index contributed by atoms with van der Waals surface area (Å²) in [4.78, 5) is 28.7. The molecule has 0 spiro atoms. The minimum Gasteiger partial charge on any atom is -0.445 e. The van der Waals surface area contributed by atoms with E-state index in [-0.39, 0.29) is 36.1 Å². The van der Waals surface area contributed by atoms with Crippen molar-refractivity contribution in [3.05, 3.63) is 35.9 Å². The van der Waals surface area contributed by atoms with E-state index in [0.717, 1.165) is 55.4 Å². The summed E-state index contributed by atoms with van der Waals surface area (Å²) in [5.74, 6) is 2.96. The molecule has 1 aromatic rings. The van der Waals surface area contributed by atoms with Crippen LogP contribution in [0.4, 0.5) is 4.79 Å². The average molecular weight is 424 g/mol. The first kappa shape index (κ1) is 19.8. The highest BCUT2D eigenvalue weighted by molar-refractivity contribution is 5.88. The molecule has 1 aromatic carbocycles. The molecule has 7 rings (SSSR count). The van der Waals surface area contributed by atoms with Crippen molar-refractivity contribution in [1.29, 1.82) is 0 Å². The second kappa shape index (κ2) is 7.61. The summed E-state index contributed by atoms with van der Waals surface area (Å²) >= 11 is 0. The molecule has 2 unspecified atom stereocenters. The Balaban J connectivity index is 1.14. The molecule has 1 amide bonds. The molecule has 0 aromatic heterocycles. The molecular weight excluding hydrogens is 390 g/mol. The maximum Gasteiger partial charge on any atom is 0.410 e. The molecule has 6 aliphatic rings. The number of hydrogen-bond donors (Lipinski definition) is 0. The maximum atomic E-state index is 13.9. The number of hydrogen-bond acceptors (Lipinski definition) is 4. The largest absolute Gasteiger partial charge is 0.445 e. The third-order valence-electron chi connectivity index (χ3n) is 8.87. The van der Waals surface area contributed by atoms with Gasteiger partial charge in [0.2, 0.25) is 0 Å². The number of nitrogens with zero attached hydrogens (tertiary/aromatic N) is 1. The van der Waals surface area contributed by atoms with Gasteiger partial charge in [-0.05, 0) is 74.7 Å². The average Bonchev–Trinajstić information content (AvgIpc) is 2.76. The van der Waals surface area contributed by atoms with Crippen LogP contribution in [0.15, 0.2) is 30.3 Å². The molecule has 0 radical (unpaired) electrons. The number of ether oxygens (including phenoxy) is 2. The van der Waals surface area contributed by atoms with Crippen LogP contribution >= 0.6 is 0 Å². The van der Waals surface area contributed by atoms with Gasteiger partial charge in [-0.25, -0.2) is 4.79 Å². The quantitative estimate of drug-likeness (QED) is 0.711. The van der Waals surface area contributed by atoms with Crippen molar-refractivity contribution >= 4 is 11.9 Å². The predicted molar refractivity (Wildman–Crippen MR) is 115 cm³/mol. The molecule has 6 bridgehead atoms. The van der Waals surface area contributed by atoms with Crippen LogP contribution in [0.5, 0.6) is 0 Å². The molecule has 2 heterocycles. The third kappa shape index (κ3) is 3.49. The van der Waals surface area contributed by atoms with E-state index >= 15 is 0 Å². The van der Waals surface area contributed by atoms with E-state index in [0.29, 0.717) is 19.0 Å². The van der Waals surface area contributed by atoms with Gasteiger partial charge in [-0.2, -0.15) is 0 Å². The van der Waals surface area contributed by atoms with Crippen molar-refractivity contribution in [3.8, 4) is 0 Å². The van der Waals surface area contributed by atoms with Crippen molar-refractivity contribution in [1.82, 2.24) is 4.90 Å². The van der Waals surface area contributed by atoms with Gasteiger partial charge in [-0.1, -0.05) is 30.3 Å². The van der Waals surface area contributed by atoms with E-state index in [2.05, 4.69) is 0 Å². The van der Waals surface area contributed by atoms with E-state index in [1.165, 1.54) is 19.3 Å². The monoisotopic (exact) mass is 423 g/mol. The van der Waals surface area contributed by atoms with E-state index in [1.807, 2.05) is 35.2 Å². The number of ketones is 1. The minimum atomic E-state index is -0.261. The van der Waals surface area contributed by atoms with Gasteiger partial charge >= 0.3 is 6.09 Å². The number of benzene rings is 1. The van der Waals surface area contributed by atoms with Crippen molar-refractivity contribution in [2.24, 2.45) is 29.1 Å². The van der Waals surface area contributed by atoms with Gasteiger partial charge in [-0.15, -0.1) is 0 Å². The summed E-state index contributed by atoms with van der Waals surface area (Å²) in [6.45, 7) is 1.31. The lowest BCUT2D eigenvalue weighted by Crippen LogP contribution is -2.61. The smallest absolute Gasteiger partial charge is 0.410 e. The van der Waals surface area contributed by atoms with Crippen LogP contribution in [-0.2, 0) is 20.9 Å². The Bertz CT molecular complexity index is 803. The van der Waals surface area contributed by atoms with Crippen LogP contribution in [0, 0.1) is 29.1 Å². The molecule has 4 aliphatic carbocycles. The first-order valence-electron chi connectivity index (χ1n) is 12.2. The first-order chi connectivity index (χ1) is 15.1. The Kier molecular flexibility index (Phi) is 4.86. The zero-order chi connectivity index (χ0) is 21.0. The normalized spacial score (nSPS) is 40.6. The summed E-state index contributed by atoms with van der Waals surface area (Å²) in [6.07, 6.45) is 8.67. The van der Waals surface area contributed by atoms with Gasteiger partial charge in [0, 0.05) is 11.3 Å². The lowest BCUT2D eigenvalue weighted by molar-refractivity contribution is -0.154. The van der Waals surface area contributed by atoms with Crippen LogP contribution in [0.25, 0.3) is 0 Å². The van der Waals surface area contributed by atoms with Crippen molar-refractivity contribution in [3.63, 3.8) is 0 Å². The number of rotatable bonds is 4. The maximum absolute atomic E-state index is 13.9. The standard InChI is InChI=1S/C26H33NO4/c28-24(26-11-18-6-19(12-26)8-20(7-18)13-26)21-9-22-15-30-16-23(10-21)27(22)25(29)31-14-17-4-2-1-3-5-17/h1-5,18-23H,6-16H2. The molecule has 166 valence electrons. The number of carbonyl (C=O) groups excluding carboxylic acids is 2. The lowest BCUT2D eigenvalue weighted by atomic mass is 9.47. The fourth-order valence-electron chi connectivity index (χ4n) is 8.07. The summed E-state index contributed by atoms with van der Waals surface area (Å²) in [6, 6.07) is 9.71. The molecule has 2 atom stereocenters. The fourth-order valence-corrected chi connectivity index (χ4v) is 8.07. The molecule has 5 nitrogen and oxygen atoms in total. The van der Waals surface area contributed by atoms with Gasteiger partial charge in [0.15, 0.2) is 0 Å². The Morgan fingerprint density at radius 3 is 2.06 bits per heavy atom. The summed E-state index contributed by atoms with van der Waals surface area (Å²) in [5.41, 5.74) is 0.939. The highest BCUT2D eigenvalue weighted by atomic mass is 16.6. The predicted octanol–water partition coefficient (Wildman–Crippen LogP) is 4.59. The Labute approximate surface area is 184 Å². The number of Topliss-reactive ketones (excluding diaryl/α,β-unsaturated/α-hetero) is 1. The Morgan fingerprint density at radius 2 is 1.48 bits per heavy atom. The molecule has 31 heavy (non-hydrogen) atoms. The highest BCUT2D eigenvalue weighted by Crippen LogP contribution is 2.61. The van der Waals surface area contributed by atoms with Crippen molar-refractivity contribution < 1.29 is 19.1 Å². The molecule has 6 fully saturated rings. The van der Waals surface area contributed by atoms with Gasteiger partial charge in [-0.3, -0.25) is 9.69 Å². The zero-order valence-corrected chi connectivity index (χ0v) is 18.2. The fraction of sp³-hybridized carbons (Fsp3) is 0.692. The highest BCUT2D eigenvalue weighted by Gasteiger charge is 2.57. The van der Waals surface area contributed by atoms with Gasteiger partial charge in [0.25, 0.3) is 0 Å². The second-order valence-corrected chi connectivity index (χ2v) is 11.0. The first-order valence-corrected chi connectivity index (χ1v) is 12.2. The number of fused-ring (bicyclic) bond motifs is 2. The second-order valence-electron chi connectivity index (χ2n) is 11.0. The molecule has 2 aliphatic heterocycles. The van der Waals surface area contributed by atoms with Crippen LogP contribution in [0.2, 0.25) is 0 Å². The molecular formula is C26H33NO4. The number of piperidine rings is 1. The lowest BCUT2D eigenvalue weighted by Gasteiger charge is -2.57. The SMILES string of the molecule is O=C(OCc1ccccc1)N1C2COCC1CC(C(=O)C13CC4CC(CC(C4)C1)C3)C2. The van der Waals surface area contributed by atoms with E-state index in [9.17, 15) is 9.59 Å². The minimum absolute atomic E-state index is 0.0429. The van der Waals surface area contributed by atoms with Crippen LogP contribution in [0.1, 0.15) is 56.9 Å². The van der Waals surface area contributed by atoms with E-state index in [4.69, 9.17) is 9.47 Å². The zero-order valence-electron chi connectivity index (χ0n) is 18.2. The topological polar surface area (TPSA) is 55.8 Å². The summed E-state index contributed by atoms with van der Waals surface area (Å²) in [5, 5.41) is 0. The summed E-state index contributed by atoms with van der Waals surface area (Å²) < 4.78 is 11.4. The van der Waals surface area contributed by atoms with Crippen molar-refractivity contribution in [2.45, 2.75) is 70.1 Å². The van der Waals surface area contributed by atoms with Crippen LogP contribution < -0.4 is 0 Å². The van der Waals surface area contributed by atoms with Crippen LogP contribution in [-0.4, -0.2) is 42.1 Å². The molecule has 2 saturated heterocycles. The van der Waals surface area contributed by atoms with Crippen molar-refractivity contribution in [2.75, 3.05) is 13.2 Å². The van der Waals surface area contributed by atoms with E-state index < -0.39 is 0 Å². The number of morpholine rings is 1. The Morgan fingerprint density at radius 1 is 0.903 bits per heavy atom. The molecule has 0 N–H and O–H groups in total. The van der Waals surface area contributed by atoms with E-state index in [1.54, 1.807) is 0 Å². The molecule has 4 saturated carbocycles. The Hall–Kier alpha value is -1.88.